The molecule has 0 unspecified atom stereocenters. The van der Waals surface area contributed by atoms with Crippen LogP contribution >= 0.6 is 0 Å². The fraction of sp³-hybridized carbons (Fsp3) is 0.273. The van der Waals surface area contributed by atoms with Crippen molar-refractivity contribution in [1.29, 1.82) is 0 Å². The summed E-state index contributed by atoms with van der Waals surface area (Å²) in [7, 11) is 0. The maximum absolute atomic E-state index is 12.2. The van der Waals surface area contributed by atoms with Crippen molar-refractivity contribution in [2.75, 3.05) is 6.61 Å². The molecule has 0 atom stereocenters. The molecule has 0 bridgehead atoms. The van der Waals surface area contributed by atoms with Gasteiger partial charge in [0.2, 0.25) is 0 Å². The van der Waals surface area contributed by atoms with Gasteiger partial charge in [-0.1, -0.05) is 18.2 Å². The lowest BCUT2D eigenvalue weighted by Crippen LogP contribution is -2.23. The zero-order valence-electron chi connectivity index (χ0n) is 9.27. The second-order valence-corrected chi connectivity index (χ2v) is 3.74. The van der Waals surface area contributed by atoms with Gasteiger partial charge in [-0.05, 0) is 25.0 Å². The normalized spacial score (nSPS) is 11.3. The molecule has 0 fully saturated rings. The third kappa shape index (κ3) is 3.05. The second-order valence-electron chi connectivity index (χ2n) is 3.74. The van der Waals surface area contributed by atoms with Gasteiger partial charge in [0.1, 0.15) is 5.75 Å². The standard InChI is InChI=1S/C11H13BF3O/c1-8-5-4-6-9(2)11(8)16-7-10(3)12(13,14)15/h4-6H,3,7H2,1-2H3/q-1. The number of aryl methyl sites for hydroxylation is 2. The summed E-state index contributed by atoms with van der Waals surface area (Å²) >= 11 is 0. The number of para-hydroxylation sites is 1. The molecule has 0 radical (unpaired) electrons. The van der Waals surface area contributed by atoms with E-state index < -0.39 is 19.1 Å². The molecule has 0 spiro atoms. The van der Waals surface area contributed by atoms with E-state index >= 15 is 0 Å². The van der Waals surface area contributed by atoms with Gasteiger partial charge in [0.25, 0.3) is 0 Å². The van der Waals surface area contributed by atoms with Crippen LogP contribution in [0.2, 0.25) is 0 Å². The zero-order chi connectivity index (χ0) is 12.3. The summed E-state index contributed by atoms with van der Waals surface area (Å²) in [5, 5.41) is 0. The van der Waals surface area contributed by atoms with Crippen LogP contribution in [0.3, 0.4) is 0 Å². The first-order valence-electron chi connectivity index (χ1n) is 4.89. The molecule has 1 nitrogen and oxygen atoms in total. The summed E-state index contributed by atoms with van der Waals surface area (Å²) < 4.78 is 41.9. The average Bonchev–Trinajstić information content (AvgIpc) is 2.15. The van der Waals surface area contributed by atoms with Gasteiger partial charge in [-0.2, -0.15) is 0 Å². The molecule has 1 aromatic rings. The lowest BCUT2D eigenvalue weighted by molar-refractivity contribution is 0.342. The van der Waals surface area contributed by atoms with E-state index in [4.69, 9.17) is 4.74 Å². The van der Waals surface area contributed by atoms with Crippen LogP contribution < -0.4 is 4.74 Å². The molecule has 0 N–H and O–H groups in total. The van der Waals surface area contributed by atoms with Crippen molar-refractivity contribution >= 4 is 6.98 Å². The largest absolute Gasteiger partial charge is 0.508 e. The van der Waals surface area contributed by atoms with Crippen molar-refractivity contribution in [1.82, 2.24) is 0 Å². The Hall–Kier alpha value is -1.39. The van der Waals surface area contributed by atoms with Gasteiger partial charge in [0, 0.05) is 0 Å². The highest BCUT2D eigenvalue weighted by molar-refractivity contribution is 6.66. The lowest BCUT2D eigenvalue weighted by atomic mass is 9.81. The first-order valence-corrected chi connectivity index (χ1v) is 4.89. The number of rotatable bonds is 4. The van der Waals surface area contributed by atoms with E-state index in [1.54, 1.807) is 26.0 Å². The summed E-state index contributed by atoms with van der Waals surface area (Å²) in [5.41, 5.74) is 0.826. The average molecular weight is 229 g/mol. The van der Waals surface area contributed by atoms with Gasteiger partial charge in [-0.15, -0.1) is 12.1 Å². The lowest BCUT2D eigenvalue weighted by Gasteiger charge is -2.19. The van der Waals surface area contributed by atoms with Gasteiger partial charge >= 0.3 is 6.98 Å². The number of hydrogen-bond donors (Lipinski definition) is 0. The molecule has 0 aliphatic carbocycles. The van der Waals surface area contributed by atoms with Crippen LogP contribution in [0.15, 0.2) is 30.3 Å². The SMILES string of the molecule is C=C(COc1c(C)cccc1C)[B-](F)(F)F. The van der Waals surface area contributed by atoms with Gasteiger partial charge in [-0.3, -0.25) is 0 Å². The number of ether oxygens (including phenoxy) is 1. The van der Waals surface area contributed by atoms with Gasteiger partial charge in [-0.25, -0.2) is 0 Å². The minimum Gasteiger partial charge on any atom is -0.492 e. The molecule has 1 rings (SSSR count). The Labute approximate surface area is 93.0 Å². The monoisotopic (exact) mass is 229 g/mol. The molecule has 1 aromatic carbocycles. The maximum atomic E-state index is 12.2. The molecule has 0 saturated heterocycles. The Morgan fingerprint density at radius 1 is 1.25 bits per heavy atom. The Morgan fingerprint density at radius 3 is 2.19 bits per heavy atom. The van der Waals surface area contributed by atoms with Gasteiger partial charge in [0.05, 0.1) is 6.61 Å². The van der Waals surface area contributed by atoms with Crippen LogP contribution in [0.5, 0.6) is 5.75 Å². The number of halogens is 3. The Balaban J connectivity index is 2.73. The molecular weight excluding hydrogens is 216 g/mol. The second kappa shape index (κ2) is 4.64. The van der Waals surface area contributed by atoms with Crippen LogP contribution in [-0.4, -0.2) is 13.6 Å². The third-order valence-corrected chi connectivity index (χ3v) is 2.27. The van der Waals surface area contributed by atoms with Crippen LogP contribution in [0.4, 0.5) is 12.9 Å². The van der Waals surface area contributed by atoms with Crippen molar-refractivity contribution in [3.8, 4) is 5.75 Å². The summed E-state index contributed by atoms with van der Waals surface area (Å²) in [6, 6.07) is 5.42. The summed E-state index contributed by atoms with van der Waals surface area (Å²) in [5.74, 6) is 0.503. The van der Waals surface area contributed by atoms with Gasteiger partial charge in [0.15, 0.2) is 0 Å². The Bertz CT molecular complexity index is 378. The molecule has 0 aromatic heterocycles. The molecule has 0 aliphatic rings. The molecule has 5 heteroatoms. The summed E-state index contributed by atoms with van der Waals surface area (Å²) in [6.07, 6.45) is 0. The van der Waals surface area contributed by atoms with Crippen molar-refractivity contribution in [2.24, 2.45) is 0 Å². The van der Waals surface area contributed by atoms with E-state index in [9.17, 15) is 12.9 Å². The quantitative estimate of drug-likeness (QED) is 0.716. The van der Waals surface area contributed by atoms with E-state index in [0.717, 1.165) is 11.1 Å². The van der Waals surface area contributed by atoms with Crippen molar-refractivity contribution < 1.29 is 17.7 Å². The van der Waals surface area contributed by atoms with Crippen molar-refractivity contribution in [2.45, 2.75) is 13.8 Å². The maximum Gasteiger partial charge on any atom is 0.508 e. The zero-order valence-corrected chi connectivity index (χ0v) is 9.27. The highest BCUT2D eigenvalue weighted by Crippen LogP contribution is 2.25. The Kier molecular flexibility index (Phi) is 3.68. The molecule has 0 amide bonds. The highest BCUT2D eigenvalue weighted by Gasteiger charge is 2.27. The van der Waals surface area contributed by atoms with E-state index in [2.05, 4.69) is 6.58 Å². The molecule has 0 saturated carbocycles. The molecular formula is C11H13BF3O-. The van der Waals surface area contributed by atoms with Crippen LogP contribution in [0.1, 0.15) is 11.1 Å². The van der Waals surface area contributed by atoms with E-state index in [-0.39, 0.29) is 0 Å². The summed E-state index contributed by atoms with van der Waals surface area (Å²) in [6.45, 7) is 1.05. The first-order chi connectivity index (χ1) is 7.32. The first kappa shape index (κ1) is 12.7. The fourth-order valence-corrected chi connectivity index (χ4v) is 1.29. The third-order valence-electron chi connectivity index (χ3n) is 2.27. The van der Waals surface area contributed by atoms with Crippen LogP contribution in [-0.2, 0) is 0 Å². The molecule has 0 aliphatic heterocycles. The van der Waals surface area contributed by atoms with E-state index in [1.807, 2.05) is 6.07 Å². The van der Waals surface area contributed by atoms with Crippen LogP contribution in [0.25, 0.3) is 0 Å². The van der Waals surface area contributed by atoms with Crippen LogP contribution in [0, 0.1) is 13.8 Å². The molecule has 16 heavy (non-hydrogen) atoms. The molecule has 0 heterocycles. The predicted molar refractivity (Wildman–Crippen MR) is 59.6 cm³/mol. The molecule has 88 valence electrons. The predicted octanol–water partition coefficient (Wildman–Crippen LogP) is 3.63. The van der Waals surface area contributed by atoms with Crippen molar-refractivity contribution in [3.63, 3.8) is 0 Å². The minimum absolute atomic E-state index is 0.503. The topological polar surface area (TPSA) is 9.23 Å². The number of benzene rings is 1. The fourth-order valence-electron chi connectivity index (χ4n) is 1.29. The Morgan fingerprint density at radius 2 is 1.75 bits per heavy atom. The van der Waals surface area contributed by atoms with Gasteiger partial charge < -0.3 is 17.7 Å². The van der Waals surface area contributed by atoms with E-state index in [0.29, 0.717) is 5.75 Å². The van der Waals surface area contributed by atoms with Crippen molar-refractivity contribution in [3.05, 3.63) is 41.4 Å². The summed E-state index contributed by atoms with van der Waals surface area (Å²) in [4.78, 5) is 0. The van der Waals surface area contributed by atoms with E-state index in [1.165, 1.54) is 0 Å². The minimum atomic E-state index is -5.01. The number of hydrogen-bond acceptors (Lipinski definition) is 1. The highest BCUT2D eigenvalue weighted by atomic mass is 19.4. The smallest absolute Gasteiger partial charge is 0.492 e.